The molecule has 0 radical (unpaired) electrons. The molecule has 2 nitrogen and oxygen atoms in total. The summed E-state index contributed by atoms with van der Waals surface area (Å²) in [5.74, 6) is 0. The zero-order valence-electron chi connectivity index (χ0n) is 39.3. The van der Waals surface area contributed by atoms with Gasteiger partial charge in [0.25, 0.3) is 0 Å². The van der Waals surface area contributed by atoms with Gasteiger partial charge in [0.1, 0.15) is 0 Å². The van der Waals surface area contributed by atoms with Gasteiger partial charge in [-0.15, -0.1) is 11.3 Å². The van der Waals surface area contributed by atoms with Gasteiger partial charge in [-0.1, -0.05) is 145 Å². The Balaban J connectivity index is 1.11. The Morgan fingerprint density at radius 2 is 0.949 bits per heavy atom. The molecule has 0 N–H and O–H groups in total. The van der Waals surface area contributed by atoms with Crippen LogP contribution in [0.3, 0.4) is 0 Å². The summed E-state index contributed by atoms with van der Waals surface area (Å²) in [5.41, 5.74) is 4.46. The summed E-state index contributed by atoms with van der Waals surface area (Å²) in [6.45, 7) is 0. The molecule has 10 aromatic carbocycles. The lowest BCUT2D eigenvalue weighted by Crippen LogP contribution is -1.96. The number of aromatic nitrogens is 2. The lowest BCUT2D eigenvalue weighted by atomic mass is 9.98. The van der Waals surface area contributed by atoms with Gasteiger partial charge in [-0.05, 0) is 104 Å². The van der Waals surface area contributed by atoms with Gasteiger partial charge >= 0.3 is 0 Å². The van der Waals surface area contributed by atoms with Crippen LogP contribution in [0.2, 0.25) is 0 Å². The van der Waals surface area contributed by atoms with Crippen LogP contribution in [0.5, 0.6) is 0 Å². The number of fused-ring (bicyclic) bond motifs is 12. The van der Waals surface area contributed by atoms with Crippen molar-refractivity contribution in [2.24, 2.45) is 0 Å². The van der Waals surface area contributed by atoms with Gasteiger partial charge in [0.05, 0.1) is 33.0 Å². The quantitative estimate of drug-likeness (QED) is 0.169. The zero-order valence-corrected chi connectivity index (χ0v) is 32.1. The SMILES string of the molecule is [2H]c1c([2H])c(-n2c3cc4c(cc3c3c5ccccc5ccc32)c2ccccc2n4-c2c([2H])c([2H])c(-c3cccc4ccccc34)c([2H])c2[2H])c([2H])c([2H])c1-c1ccc2c(c1)sc1ccccc12. The molecule has 0 aliphatic heterocycles. The van der Waals surface area contributed by atoms with E-state index in [0.717, 1.165) is 63.3 Å². The number of benzene rings is 10. The molecular weight excluding hydrogens is 733 g/mol. The van der Waals surface area contributed by atoms with E-state index in [2.05, 4.69) is 24.3 Å². The summed E-state index contributed by atoms with van der Waals surface area (Å²) in [4.78, 5) is 0. The van der Waals surface area contributed by atoms with E-state index in [-0.39, 0.29) is 70.8 Å². The number of thiophene rings is 1. The summed E-state index contributed by atoms with van der Waals surface area (Å²) < 4.78 is 82.6. The van der Waals surface area contributed by atoms with Crippen LogP contribution in [-0.4, -0.2) is 9.13 Å². The molecule has 3 aromatic heterocycles. The molecule has 13 aromatic rings. The predicted molar refractivity (Wildman–Crippen MR) is 254 cm³/mol. The van der Waals surface area contributed by atoms with E-state index in [1.54, 1.807) is 15.9 Å². The first kappa shape index (κ1) is 25.7. The van der Waals surface area contributed by atoms with Crippen molar-refractivity contribution in [1.82, 2.24) is 9.13 Å². The molecule has 0 atom stereocenters. The smallest absolute Gasteiger partial charge is 0.0645 e. The van der Waals surface area contributed by atoms with Crippen molar-refractivity contribution in [3.8, 4) is 33.6 Å². The summed E-state index contributed by atoms with van der Waals surface area (Å²) in [6, 6.07) is 49.9. The highest BCUT2D eigenvalue weighted by molar-refractivity contribution is 7.25. The van der Waals surface area contributed by atoms with E-state index in [1.165, 1.54) is 0 Å². The maximum atomic E-state index is 9.73. The topological polar surface area (TPSA) is 9.86 Å². The monoisotopic (exact) mass is 774 g/mol. The lowest BCUT2D eigenvalue weighted by Gasteiger charge is -2.12. The summed E-state index contributed by atoms with van der Waals surface area (Å²) in [5, 5.41) is 9.29. The van der Waals surface area contributed by atoms with E-state index < -0.39 is 0 Å². The van der Waals surface area contributed by atoms with Crippen molar-refractivity contribution < 1.29 is 11.0 Å². The molecule has 0 aliphatic rings. The summed E-state index contributed by atoms with van der Waals surface area (Å²) in [7, 11) is 0. The van der Waals surface area contributed by atoms with E-state index >= 15 is 0 Å². The van der Waals surface area contributed by atoms with Crippen LogP contribution in [0.1, 0.15) is 11.0 Å². The molecule has 0 saturated carbocycles. The van der Waals surface area contributed by atoms with Gasteiger partial charge in [0.2, 0.25) is 0 Å². The summed E-state index contributed by atoms with van der Waals surface area (Å²) >= 11 is 1.63. The first-order valence-corrected chi connectivity index (χ1v) is 20.4. The Labute approximate surface area is 355 Å². The first-order valence-electron chi connectivity index (χ1n) is 23.6. The molecule has 0 amide bonds. The van der Waals surface area contributed by atoms with E-state index in [1.807, 2.05) is 138 Å². The minimum atomic E-state index is -0.192. The van der Waals surface area contributed by atoms with Crippen LogP contribution in [0.15, 0.2) is 206 Å². The molecule has 0 unspecified atom stereocenters. The summed E-state index contributed by atoms with van der Waals surface area (Å²) in [6.07, 6.45) is 0. The molecule has 0 bridgehead atoms. The molecule has 0 aliphatic carbocycles. The average molecular weight is 775 g/mol. The fourth-order valence-electron chi connectivity index (χ4n) is 9.17. The highest BCUT2D eigenvalue weighted by atomic mass is 32.1. The highest BCUT2D eigenvalue weighted by Gasteiger charge is 2.20. The van der Waals surface area contributed by atoms with Crippen molar-refractivity contribution in [2.75, 3.05) is 0 Å². The molecule has 13 rings (SSSR count). The highest BCUT2D eigenvalue weighted by Crippen LogP contribution is 2.43. The van der Waals surface area contributed by atoms with E-state index in [4.69, 9.17) is 0 Å². The second kappa shape index (κ2) is 12.5. The minimum absolute atomic E-state index is 0.0989. The van der Waals surface area contributed by atoms with Gasteiger partial charge in [-0.3, -0.25) is 0 Å². The molecule has 59 heavy (non-hydrogen) atoms. The van der Waals surface area contributed by atoms with Gasteiger partial charge in [0, 0.05) is 53.1 Å². The van der Waals surface area contributed by atoms with Gasteiger partial charge in [-0.2, -0.15) is 0 Å². The van der Waals surface area contributed by atoms with Crippen molar-refractivity contribution in [3.05, 3.63) is 206 Å². The van der Waals surface area contributed by atoms with Crippen LogP contribution in [0, 0.1) is 0 Å². The Morgan fingerprint density at radius 1 is 0.339 bits per heavy atom. The molecule has 0 spiro atoms. The van der Waals surface area contributed by atoms with Gasteiger partial charge in [-0.25, -0.2) is 0 Å². The fraction of sp³-hybridized carbons (Fsp3) is 0. The van der Waals surface area contributed by atoms with Gasteiger partial charge < -0.3 is 9.13 Å². The predicted octanol–water partition coefficient (Wildman–Crippen LogP) is 15.9. The van der Waals surface area contributed by atoms with E-state index in [0.29, 0.717) is 33.2 Å². The van der Waals surface area contributed by atoms with Crippen LogP contribution in [0.4, 0.5) is 0 Å². The Bertz CT molecular complexity index is 4270. The third kappa shape index (κ3) is 4.86. The third-order valence-electron chi connectivity index (χ3n) is 11.8. The maximum absolute atomic E-state index is 9.73. The average Bonchev–Trinajstić information content (AvgIpc) is 4.00. The second-order valence-corrected chi connectivity index (χ2v) is 16.1. The maximum Gasteiger partial charge on any atom is 0.0645 e. The zero-order chi connectivity index (χ0) is 45.6. The normalized spacial score (nSPS) is 14.0. The molecule has 3 heteroatoms. The van der Waals surface area contributed by atoms with Crippen LogP contribution >= 0.6 is 11.3 Å². The van der Waals surface area contributed by atoms with Gasteiger partial charge in [0.15, 0.2) is 0 Å². The van der Waals surface area contributed by atoms with Crippen LogP contribution in [0.25, 0.3) is 119 Å². The first-order chi connectivity index (χ1) is 32.6. The number of hydrogen-bond donors (Lipinski definition) is 0. The Hall–Kier alpha value is -7.46. The van der Waals surface area contributed by atoms with Crippen molar-refractivity contribution >= 4 is 96.7 Å². The minimum Gasteiger partial charge on any atom is -0.309 e. The second-order valence-electron chi connectivity index (χ2n) is 15.0. The number of para-hydroxylation sites is 1. The number of hydrogen-bond acceptors (Lipinski definition) is 1. The standard InChI is InChI=1S/C56H34N2S/c1-3-13-42-36(10-1)12-9-17-43(42)38-22-28-40(29-23-38)57-50-18-7-5-15-45(50)48-33-49-53(34-52(48)57)58(51-31-25-37-11-2-4-14-44(37)56(49)51)41-26-20-35(21-27-41)39-24-30-47-46-16-6-8-19-54(46)59-55(47)32-39/h1-34H/i20D,21D,22D,23D,26D,27D,28D,29D. The molecule has 0 fully saturated rings. The Morgan fingerprint density at radius 3 is 1.76 bits per heavy atom. The fourth-order valence-corrected chi connectivity index (χ4v) is 10.3. The van der Waals surface area contributed by atoms with E-state index in [9.17, 15) is 11.0 Å². The molecule has 0 saturated heterocycles. The number of rotatable bonds is 4. The van der Waals surface area contributed by atoms with Crippen LogP contribution < -0.4 is 0 Å². The van der Waals surface area contributed by atoms with Crippen molar-refractivity contribution in [1.29, 1.82) is 0 Å². The lowest BCUT2D eigenvalue weighted by molar-refractivity contribution is 1.17. The third-order valence-corrected chi connectivity index (χ3v) is 13.0. The molecule has 274 valence electrons. The molecular formula is C56H34N2S. The Kier molecular flexibility index (Phi) is 5.46. The largest absolute Gasteiger partial charge is 0.309 e. The number of nitrogens with zero attached hydrogens (tertiary/aromatic N) is 2. The van der Waals surface area contributed by atoms with Crippen LogP contribution in [-0.2, 0) is 0 Å². The molecule has 3 heterocycles. The van der Waals surface area contributed by atoms with Crippen molar-refractivity contribution in [2.45, 2.75) is 0 Å². The van der Waals surface area contributed by atoms with Crippen molar-refractivity contribution in [3.63, 3.8) is 0 Å².